The molecule has 0 saturated heterocycles. The Labute approximate surface area is 89.2 Å². The number of hydrogen-bond donors (Lipinski definition) is 1. The summed E-state index contributed by atoms with van der Waals surface area (Å²) in [7, 11) is 0. The summed E-state index contributed by atoms with van der Waals surface area (Å²) in [6.45, 7) is 4.10. The van der Waals surface area contributed by atoms with Crippen LogP contribution in [0.5, 0.6) is 0 Å². The van der Waals surface area contributed by atoms with E-state index >= 15 is 0 Å². The summed E-state index contributed by atoms with van der Waals surface area (Å²) in [4.78, 5) is 0. The van der Waals surface area contributed by atoms with Gasteiger partial charge in [-0.1, -0.05) is 38.3 Å². The largest absolute Gasteiger partial charge is 0.393 e. The highest BCUT2D eigenvalue weighted by molar-refractivity contribution is 4.81. The summed E-state index contributed by atoms with van der Waals surface area (Å²) in [5.74, 6) is 0. The molecule has 0 spiro atoms. The summed E-state index contributed by atoms with van der Waals surface area (Å²) < 4.78 is 0. The van der Waals surface area contributed by atoms with E-state index < -0.39 is 0 Å². The van der Waals surface area contributed by atoms with E-state index in [1.165, 1.54) is 32.1 Å². The van der Waals surface area contributed by atoms with Crippen molar-refractivity contribution in [3.8, 4) is 0 Å². The van der Waals surface area contributed by atoms with E-state index in [1.54, 1.807) is 0 Å². The Bertz CT molecular complexity index is 127. The molecular weight excluding hydrogens is 172 g/mol. The summed E-state index contributed by atoms with van der Waals surface area (Å²) in [5, 5.41) is 9.03. The van der Waals surface area contributed by atoms with E-state index in [9.17, 15) is 0 Å². The molecule has 0 aromatic carbocycles. The molecule has 1 nitrogen and oxygen atoms in total. The Morgan fingerprint density at radius 2 is 1.64 bits per heavy atom. The number of rotatable bonds is 9. The van der Waals surface area contributed by atoms with Crippen LogP contribution in [0.1, 0.15) is 65.2 Å². The first-order valence-electron chi connectivity index (χ1n) is 6.10. The molecule has 0 rings (SSSR count). The maximum Gasteiger partial charge on any atom is 0.0512 e. The third-order valence-corrected chi connectivity index (χ3v) is 2.38. The molecule has 0 radical (unpaired) electrons. The minimum absolute atomic E-state index is 0.132. The van der Waals surface area contributed by atoms with Crippen LogP contribution in [0.2, 0.25) is 0 Å². The van der Waals surface area contributed by atoms with Crippen LogP contribution in [0.3, 0.4) is 0 Å². The second-order valence-corrected chi connectivity index (χ2v) is 4.10. The SMILES string of the molecule is CCCCCC/C=C\CCC[C@H](C)O. The van der Waals surface area contributed by atoms with Gasteiger partial charge in [0.2, 0.25) is 0 Å². The van der Waals surface area contributed by atoms with Crippen LogP contribution >= 0.6 is 0 Å². The molecule has 1 heteroatoms. The van der Waals surface area contributed by atoms with Crippen LogP contribution in [0.25, 0.3) is 0 Å². The van der Waals surface area contributed by atoms with Gasteiger partial charge in [0, 0.05) is 0 Å². The third kappa shape index (κ3) is 11.7. The molecule has 0 aliphatic heterocycles. The summed E-state index contributed by atoms with van der Waals surface area (Å²) in [6, 6.07) is 0. The summed E-state index contributed by atoms with van der Waals surface area (Å²) in [6.07, 6.45) is 14.2. The summed E-state index contributed by atoms with van der Waals surface area (Å²) in [5.41, 5.74) is 0. The van der Waals surface area contributed by atoms with Gasteiger partial charge in [0.25, 0.3) is 0 Å². The van der Waals surface area contributed by atoms with Gasteiger partial charge in [-0.05, 0) is 39.0 Å². The van der Waals surface area contributed by atoms with Gasteiger partial charge in [-0.2, -0.15) is 0 Å². The zero-order valence-corrected chi connectivity index (χ0v) is 9.84. The van der Waals surface area contributed by atoms with Crippen LogP contribution < -0.4 is 0 Å². The second-order valence-electron chi connectivity index (χ2n) is 4.10. The molecule has 0 unspecified atom stereocenters. The first kappa shape index (κ1) is 13.7. The Kier molecular flexibility index (Phi) is 10.5. The number of unbranched alkanes of at least 4 members (excludes halogenated alkanes) is 5. The van der Waals surface area contributed by atoms with Crippen LogP contribution in [0.4, 0.5) is 0 Å². The monoisotopic (exact) mass is 198 g/mol. The molecule has 0 heterocycles. The molecule has 1 N–H and O–H groups in total. The molecule has 0 aliphatic carbocycles. The van der Waals surface area contributed by atoms with Crippen molar-refractivity contribution in [1.29, 1.82) is 0 Å². The van der Waals surface area contributed by atoms with Gasteiger partial charge in [0.05, 0.1) is 6.10 Å². The van der Waals surface area contributed by atoms with E-state index in [2.05, 4.69) is 19.1 Å². The van der Waals surface area contributed by atoms with Crippen molar-refractivity contribution < 1.29 is 5.11 Å². The van der Waals surface area contributed by atoms with E-state index in [-0.39, 0.29) is 6.10 Å². The molecule has 84 valence electrons. The standard InChI is InChI=1S/C13H26O/c1-3-4-5-6-7-8-9-10-11-12-13(2)14/h8-9,13-14H,3-7,10-12H2,1-2H3/b9-8-/t13-/m0/s1. The maximum atomic E-state index is 9.03. The van der Waals surface area contributed by atoms with Crippen molar-refractivity contribution in [3.63, 3.8) is 0 Å². The third-order valence-electron chi connectivity index (χ3n) is 2.38. The Hall–Kier alpha value is -0.300. The average molecular weight is 198 g/mol. The van der Waals surface area contributed by atoms with Crippen molar-refractivity contribution in [3.05, 3.63) is 12.2 Å². The van der Waals surface area contributed by atoms with Crippen molar-refractivity contribution >= 4 is 0 Å². The van der Waals surface area contributed by atoms with Crippen LogP contribution in [0.15, 0.2) is 12.2 Å². The fraction of sp³-hybridized carbons (Fsp3) is 0.846. The molecule has 0 amide bonds. The molecule has 14 heavy (non-hydrogen) atoms. The number of aliphatic hydroxyl groups excluding tert-OH is 1. The highest BCUT2D eigenvalue weighted by atomic mass is 16.3. The molecule has 0 aliphatic rings. The average Bonchev–Trinajstić information content (AvgIpc) is 2.15. The second kappa shape index (κ2) is 10.8. The van der Waals surface area contributed by atoms with Crippen LogP contribution in [-0.4, -0.2) is 11.2 Å². The lowest BCUT2D eigenvalue weighted by Gasteiger charge is -2.00. The van der Waals surface area contributed by atoms with Gasteiger partial charge in [0.1, 0.15) is 0 Å². The number of hydrogen-bond acceptors (Lipinski definition) is 1. The quantitative estimate of drug-likeness (QED) is 0.437. The lowest BCUT2D eigenvalue weighted by molar-refractivity contribution is 0.182. The molecule has 0 aromatic heterocycles. The highest BCUT2D eigenvalue weighted by Gasteiger charge is 1.92. The van der Waals surface area contributed by atoms with Crippen molar-refractivity contribution in [2.24, 2.45) is 0 Å². The first-order chi connectivity index (χ1) is 6.77. The lowest BCUT2D eigenvalue weighted by atomic mass is 10.1. The van der Waals surface area contributed by atoms with Gasteiger partial charge < -0.3 is 5.11 Å². The normalized spacial score (nSPS) is 13.6. The van der Waals surface area contributed by atoms with Crippen molar-refractivity contribution in [1.82, 2.24) is 0 Å². The Morgan fingerprint density at radius 3 is 2.21 bits per heavy atom. The Balaban J connectivity index is 3.04. The summed E-state index contributed by atoms with van der Waals surface area (Å²) >= 11 is 0. The molecular formula is C13H26O. The topological polar surface area (TPSA) is 20.2 Å². The molecule has 0 bridgehead atoms. The fourth-order valence-corrected chi connectivity index (χ4v) is 1.46. The van der Waals surface area contributed by atoms with E-state index in [4.69, 9.17) is 5.11 Å². The van der Waals surface area contributed by atoms with E-state index in [0.717, 1.165) is 19.3 Å². The number of allylic oxidation sites excluding steroid dienone is 2. The van der Waals surface area contributed by atoms with Gasteiger partial charge in [-0.25, -0.2) is 0 Å². The minimum Gasteiger partial charge on any atom is -0.393 e. The smallest absolute Gasteiger partial charge is 0.0512 e. The van der Waals surface area contributed by atoms with Gasteiger partial charge in [-0.3, -0.25) is 0 Å². The van der Waals surface area contributed by atoms with Gasteiger partial charge >= 0.3 is 0 Å². The highest BCUT2D eigenvalue weighted by Crippen LogP contribution is 2.05. The first-order valence-corrected chi connectivity index (χ1v) is 6.10. The lowest BCUT2D eigenvalue weighted by Crippen LogP contribution is -1.97. The molecule has 0 aromatic rings. The fourth-order valence-electron chi connectivity index (χ4n) is 1.46. The zero-order chi connectivity index (χ0) is 10.6. The zero-order valence-electron chi connectivity index (χ0n) is 9.84. The van der Waals surface area contributed by atoms with Gasteiger partial charge in [-0.15, -0.1) is 0 Å². The van der Waals surface area contributed by atoms with Crippen molar-refractivity contribution in [2.45, 2.75) is 71.3 Å². The minimum atomic E-state index is -0.132. The van der Waals surface area contributed by atoms with Gasteiger partial charge in [0.15, 0.2) is 0 Å². The maximum absolute atomic E-state index is 9.03. The Morgan fingerprint density at radius 1 is 1.00 bits per heavy atom. The molecule has 1 atom stereocenters. The molecule has 0 saturated carbocycles. The predicted octanol–water partition coefficient (Wildman–Crippen LogP) is 4.06. The van der Waals surface area contributed by atoms with E-state index in [0.29, 0.717) is 0 Å². The van der Waals surface area contributed by atoms with Crippen LogP contribution in [0, 0.1) is 0 Å². The molecule has 0 fully saturated rings. The van der Waals surface area contributed by atoms with Crippen LogP contribution in [-0.2, 0) is 0 Å². The van der Waals surface area contributed by atoms with Crippen molar-refractivity contribution in [2.75, 3.05) is 0 Å². The predicted molar refractivity (Wildman–Crippen MR) is 63.4 cm³/mol. The van der Waals surface area contributed by atoms with E-state index in [1.807, 2.05) is 6.92 Å². The number of aliphatic hydroxyl groups is 1.